The highest BCUT2D eigenvalue weighted by Gasteiger charge is 2.16. The molecule has 14 heavy (non-hydrogen) atoms. The lowest BCUT2D eigenvalue weighted by Gasteiger charge is -2.32. The Bertz CT molecular complexity index is 306. The Hall–Kier alpha value is -1.23. The lowest BCUT2D eigenvalue weighted by Crippen LogP contribution is -2.45. The first-order valence-corrected chi connectivity index (χ1v) is 4.78. The Labute approximate surface area is 83.8 Å². The first kappa shape index (κ1) is 9.33. The maximum atomic E-state index is 4.28. The van der Waals surface area contributed by atoms with Crippen LogP contribution in [-0.4, -0.2) is 53.1 Å². The maximum Gasteiger partial charge on any atom is 0.229 e. The summed E-state index contributed by atoms with van der Waals surface area (Å²) in [6.07, 6.45) is 2.62. The van der Waals surface area contributed by atoms with Crippen molar-refractivity contribution in [1.82, 2.24) is 19.9 Å². The van der Waals surface area contributed by atoms with Crippen molar-refractivity contribution in [3.8, 4) is 0 Å². The second-order valence-corrected chi connectivity index (χ2v) is 3.57. The van der Waals surface area contributed by atoms with Crippen LogP contribution in [0.5, 0.6) is 0 Å². The van der Waals surface area contributed by atoms with E-state index < -0.39 is 0 Å². The summed E-state index contributed by atoms with van der Waals surface area (Å²) in [5.74, 6) is 1.49. The van der Waals surface area contributed by atoms with Gasteiger partial charge in [-0.15, -0.1) is 0 Å². The minimum atomic E-state index is 0.730. The average Bonchev–Trinajstić information content (AvgIpc) is 2.19. The summed E-state index contributed by atoms with van der Waals surface area (Å²) in [5, 5.41) is 0. The average molecular weight is 192 g/mol. The van der Waals surface area contributed by atoms with E-state index in [9.17, 15) is 0 Å². The number of aryl methyl sites for hydroxylation is 1. The van der Waals surface area contributed by atoms with Crippen LogP contribution in [0.2, 0.25) is 0 Å². The van der Waals surface area contributed by atoms with Crippen LogP contribution in [0.4, 0.5) is 5.95 Å². The van der Waals surface area contributed by atoms with Crippen molar-refractivity contribution < 1.29 is 0 Å². The molecule has 0 atom stereocenters. The summed E-state index contributed by atoms with van der Waals surface area (Å²) in [7, 11) is 2.13. The smallest absolute Gasteiger partial charge is 0.229 e. The molecule has 5 heteroatoms. The predicted octanol–water partition coefficient (Wildman–Crippen LogP) is -0.268. The Kier molecular flexibility index (Phi) is 2.58. The van der Waals surface area contributed by atoms with Crippen molar-refractivity contribution in [2.75, 3.05) is 38.1 Å². The minimum Gasteiger partial charge on any atom is -0.338 e. The van der Waals surface area contributed by atoms with Gasteiger partial charge < -0.3 is 9.80 Å². The molecule has 2 heterocycles. The molecule has 0 spiro atoms. The molecule has 1 fully saturated rings. The number of rotatable bonds is 1. The molecule has 0 unspecified atom stereocenters. The van der Waals surface area contributed by atoms with Gasteiger partial charge in [0.25, 0.3) is 0 Å². The summed E-state index contributed by atoms with van der Waals surface area (Å²) < 4.78 is 0. The Balaban J connectivity index is 2.08. The van der Waals surface area contributed by atoms with Gasteiger partial charge in [-0.05, 0) is 14.0 Å². The zero-order chi connectivity index (χ0) is 9.97. The lowest BCUT2D eigenvalue weighted by molar-refractivity contribution is 0.311. The quantitative estimate of drug-likeness (QED) is 0.613. The van der Waals surface area contributed by atoms with Crippen molar-refractivity contribution in [2.45, 2.75) is 6.92 Å². The topological polar surface area (TPSA) is 45.2 Å². The zero-order valence-corrected chi connectivity index (χ0v) is 8.56. The van der Waals surface area contributed by atoms with Crippen LogP contribution in [0.1, 0.15) is 5.82 Å². The van der Waals surface area contributed by atoms with E-state index >= 15 is 0 Å². The monoisotopic (exact) mass is 192 g/mol. The van der Waals surface area contributed by atoms with Gasteiger partial charge in [0, 0.05) is 26.2 Å². The number of hydrogen-bond donors (Lipinski definition) is 0. The number of aromatic nitrogens is 3. The van der Waals surface area contributed by atoms with Gasteiger partial charge in [-0.25, -0.2) is 4.98 Å². The third-order valence-electron chi connectivity index (χ3n) is 2.41. The Morgan fingerprint density at radius 1 is 1.14 bits per heavy atom. The van der Waals surface area contributed by atoms with Gasteiger partial charge in [0.05, 0.1) is 0 Å². The van der Waals surface area contributed by atoms with E-state index in [1.165, 1.54) is 0 Å². The van der Waals surface area contributed by atoms with Gasteiger partial charge in [0.15, 0.2) is 0 Å². The highest BCUT2D eigenvalue weighted by Crippen LogP contribution is 2.08. The molecule has 1 aliphatic heterocycles. The fourth-order valence-corrected chi connectivity index (χ4v) is 1.48. The second-order valence-electron chi connectivity index (χ2n) is 3.57. The molecular weight excluding hydrogens is 178 g/mol. The van der Waals surface area contributed by atoms with Crippen LogP contribution in [0.3, 0.4) is 0 Å². The summed E-state index contributed by atoms with van der Waals surface area (Å²) in [4.78, 5) is 16.7. The molecule has 2 rings (SSSR count). The number of hydrogen-bond acceptors (Lipinski definition) is 5. The van der Waals surface area contributed by atoms with Crippen LogP contribution in [0.15, 0.2) is 0 Å². The molecule has 5 nitrogen and oxygen atoms in total. The molecule has 1 radical (unpaired) electrons. The summed E-state index contributed by atoms with van der Waals surface area (Å²) in [5.41, 5.74) is 0. The molecule has 1 saturated heterocycles. The van der Waals surface area contributed by atoms with Gasteiger partial charge in [-0.1, -0.05) is 0 Å². The van der Waals surface area contributed by atoms with Crippen molar-refractivity contribution in [1.29, 1.82) is 0 Å². The highest BCUT2D eigenvalue weighted by atomic mass is 15.3. The second kappa shape index (κ2) is 3.88. The lowest BCUT2D eigenvalue weighted by atomic mass is 10.3. The Morgan fingerprint density at radius 2 is 1.86 bits per heavy atom. The first-order chi connectivity index (χ1) is 6.75. The van der Waals surface area contributed by atoms with Gasteiger partial charge in [0.1, 0.15) is 5.82 Å². The molecule has 0 aliphatic carbocycles. The van der Waals surface area contributed by atoms with Gasteiger partial charge in [-0.2, -0.15) is 9.97 Å². The molecular formula is C9H14N5. The van der Waals surface area contributed by atoms with E-state index in [0.717, 1.165) is 38.0 Å². The first-order valence-electron chi connectivity index (χ1n) is 4.78. The fraction of sp³-hybridized carbons (Fsp3) is 0.667. The molecule has 0 saturated carbocycles. The Morgan fingerprint density at radius 3 is 2.50 bits per heavy atom. The van der Waals surface area contributed by atoms with Gasteiger partial charge >= 0.3 is 0 Å². The predicted molar refractivity (Wildman–Crippen MR) is 53.1 cm³/mol. The van der Waals surface area contributed by atoms with E-state index in [1.807, 2.05) is 6.92 Å². The number of nitrogens with zero attached hydrogens (tertiary/aromatic N) is 5. The third-order valence-corrected chi connectivity index (χ3v) is 2.41. The molecule has 0 N–H and O–H groups in total. The van der Waals surface area contributed by atoms with Gasteiger partial charge in [0.2, 0.25) is 12.3 Å². The molecule has 75 valence electrons. The van der Waals surface area contributed by atoms with E-state index in [2.05, 4.69) is 38.1 Å². The normalized spacial score (nSPS) is 18.6. The van der Waals surface area contributed by atoms with E-state index in [1.54, 1.807) is 0 Å². The molecule has 1 aromatic heterocycles. The van der Waals surface area contributed by atoms with E-state index in [-0.39, 0.29) is 0 Å². The molecule has 0 aromatic carbocycles. The summed E-state index contributed by atoms with van der Waals surface area (Å²) >= 11 is 0. The van der Waals surface area contributed by atoms with Crippen molar-refractivity contribution in [3.05, 3.63) is 12.2 Å². The molecule has 0 bridgehead atoms. The zero-order valence-electron chi connectivity index (χ0n) is 8.56. The van der Waals surface area contributed by atoms with E-state index in [0.29, 0.717) is 0 Å². The van der Waals surface area contributed by atoms with Gasteiger partial charge in [-0.3, -0.25) is 0 Å². The highest BCUT2D eigenvalue weighted by molar-refractivity contribution is 5.28. The maximum absolute atomic E-state index is 4.28. The molecule has 1 aromatic rings. The molecule has 1 aliphatic rings. The van der Waals surface area contributed by atoms with Crippen LogP contribution in [0, 0.1) is 13.3 Å². The SMILES string of the molecule is Cc1n[c]nc(N2CCN(C)CC2)n1. The van der Waals surface area contributed by atoms with Crippen LogP contribution in [-0.2, 0) is 0 Å². The van der Waals surface area contributed by atoms with Crippen LogP contribution < -0.4 is 4.90 Å². The summed E-state index contributed by atoms with van der Waals surface area (Å²) in [6, 6.07) is 0. The number of anilines is 1. The van der Waals surface area contributed by atoms with Crippen LogP contribution in [0.25, 0.3) is 0 Å². The summed E-state index contributed by atoms with van der Waals surface area (Å²) in [6.45, 7) is 5.94. The number of piperazine rings is 1. The van der Waals surface area contributed by atoms with Crippen molar-refractivity contribution >= 4 is 5.95 Å². The number of likely N-dealkylation sites (N-methyl/N-ethyl adjacent to an activating group) is 1. The van der Waals surface area contributed by atoms with Crippen molar-refractivity contribution in [3.63, 3.8) is 0 Å². The van der Waals surface area contributed by atoms with Crippen LogP contribution >= 0.6 is 0 Å². The largest absolute Gasteiger partial charge is 0.338 e. The van der Waals surface area contributed by atoms with Crippen molar-refractivity contribution in [2.24, 2.45) is 0 Å². The minimum absolute atomic E-state index is 0.730. The third kappa shape index (κ3) is 1.98. The fourth-order valence-electron chi connectivity index (χ4n) is 1.48. The van der Waals surface area contributed by atoms with E-state index in [4.69, 9.17) is 0 Å². The molecule has 0 amide bonds. The standard InChI is InChI=1S/C9H14N5/c1-8-10-7-11-9(12-8)14-5-3-13(2)4-6-14/h3-6H2,1-2H3.